The minimum absolute atomic E-state index is 0.0852. The molecule has 0 unspecified atom stereocenters. The number of likely N-dealkylation sites (tertiary alicyclic amines) is 1. The summed E-state index contributed by atoms with van der Waals surface area (Å²) >= 11 is 0. The van der Waals surface area contributed by atoms with Crippen molar-refractivity contribution in [3.05, 3.63) is 112 Å². The van der Waals surface area contributed by atoms with Crippen molar-refractivity contribution >= 4 is 16.7 Å². The van der Waals surface area contributed by atoms with Gasteiger partial charge in [0.1, 0.15) is 0 Å². The summed E-state index contributed by atoms with van der Waals surface area (Å²) in [4.78, 5) is 36.3. The number of nitrogens with zero attached hydrogens (tertiary/aromatic N) is 4. The van der Waals surface area contributed by atoms with Gasteiger partial charge < -0.3 is 10.2 Å². The van der Waals surface area contributed by atoms with Gasteiger partial charge in [-0.3, -0.25) is 24.0 Å². The van der Waals surface area contributed by atoms with E-state index in [4.69, 9.17) is 0 Å². The molecule has 2 aliphatic rings. The van der Waals surface area contributed by atoms with Crippen molar-refractivity contribution in [2.24, 2.45) is 0 Å². The maximum Gasteiger partial charge on any atom is 0.263 e. The van der Waals surface area contributed by atoms with E-state index in [1.165, 1.54) is 32.4 Å². The molecular formula is C38H47N5O2. The highest BCUT2D eigenvalue weighted by Gasteiger charge is 2.27. The third-order valence-electron chi connectivity index (χ3n) is 9.61. The zero-order valence-electron chi connectivity index (χ0n) is 26.9. The first-order chi connectivity index (χ1) is 22.0. The van der Waals surface area contributed by atoms with Gasteiger partial charge in [0.25, 0.3) is 11.5 Å². The highest BCUT2D eigenvalue weighted by atomic mass is 16.2. The minimum atomic E-state index is -0.140. The first kappa shape index (κ1) is 31.2. The Morgan fingerprint density at radius 2 is 1.40 bits per heavy atom. The second kappa shape index (κ2) is 14.5. The van der Waals surface area contributed by atoms with Gasteiger partial charge in [0, 0.05) is 62.3 Å². The van der Waals surface area contributed by atoms with Crippen LogP contribution < -0.4 is 10.9 Å². The number of fused-ring (bicyclic) bond motifs is 1. The lowest BCUT2D eigenvalue weighted by atomic mass is 9.99. The number of nitrogens with one attached hydrogen (secondary N) is 1. The lowest BCUT2D eigenvalue weighted by molar-refractivity contribution is 0.0928. The summed E-state index contributed by atoms with van der Waals surface area (Å²) in [5, 5.41) is 4.62. The van der Waals surface area contributed by atoms with Gasteiger partial charge in [-0.05, 0) is 68.6 Å². The SMILES string of the molecule is CC[C@H](NC(=O)c1c(CN2CCN(CCN3CCCCC3)CC2)n(-c2cccc(C)c2)c(=O)c2ccccc12)c1ccccc1. The van der Waals surface area contributed by atoms with Crippen LogP contribution in [0, 0.1) is 6.92 Å². The quantitative estimate of drug-likeness (QED) is 0.248. The average molecular weight is 606 g/mol. The van der Waals surface area contributed by atoms with E-state index in [0.29, 0.717) is 22.9 Å². The molecule has 2 aliphatic heterocycles. The minimum Gasteiger partial charge on any atom is -0.345 e. The monoisotopic (exact) mass is 605 g/mol. The predicted octanol–water partition coefficient (Wildman–Crippen LogP) is 5.78. The highest BCUT2D eigenvalue weighted by molar-refractivity contribution is 6.08. The molecule has 0 aliphatic carbocycles. The summed E-state index contributed by atoms with van der Waals surface area (Å²) < 4.78 is 1.80. The summed E-state index contributed by atoms with van der Waals surface area (Å²) in [6.45, 7) is 13.1. The van der Waals surface area contributed by atoms with Crippen molar-refractivity contribution in [1.82, 2.24) is 24.6 Å². The second-order valence-corrected chi connectivity index (χ2v) is 12.7. The maximum atomic E-state index is 14.5. The number of piperidine rings is 1. The molecule has 236 valence electrons. The van der Waals surface area contributed by atoms with Gasteiger partial charge in [-0.1, -0.05) is 74.0 Å². The summed E-state index contributed by atoms with van der Waals surface area (Å²) in [5.41, 5.74) is 4.21. The van der Waals surface area contributed by atoms with Gasteiger partial charge in [-0.25, -0.2) is 0 Å². The number of carbonyl (C=O) groups excluding carboxylic acids is 1. The van der Waals surface area contributed by atoms with Crippen molar-refractivity contribution < 1.29 is 4.79 Å². The molecule has 45 heavy (non-hydrogen) atoms. The number of benzene rings is 3. The normalized spacial score (nSPS) is 17.4. The van der Waals surface area contributed by atoms with E-state index < -0.39 is 0 Å². The summed E-state index contributed by atoms with van der Waals surface area (Å²) in [6, 6.07) is 25.6. The number of pyridine rings is 1. The van der Waals surface area contributed by atoms with Crippen molar-refractivity contribution in [3.8, 4) is 5.69 Å². The Morgan fingerprint density at radius 3 is 2.09 bits per heavy atom. The van der Waals surface area contributed by atoms with Gasteiger partial charge >= 0.3 is 0 Å². The summed E-state index contributed by atoms with van der Waals surface area (Å²) in [5.74, 6) is -0.140. The van der Waals surface area contributed by atoms with E-state index in [1.807, 2.05) is 73.7 Å². The van der Waals surface area contributed by atoms with Crippen LogP contribution in [0.2, 0.25) is 0 Å². The molecule has 1 atom stereocenters. The number of carbonyl (C=O) groups is 1. The maximum absolute atomic E-state index is 14.5. The molecule has 1 amide bonds. The largest absolute Gasteiger partial charge is 0.345 e. The van der Waals surface area contributed by atoms with Crippen LogP contribution in [-0.4, -0.2) is 77.5 Å². The number of amides is 1. The molecule has 3 aromatic carbocycles. The molecule has 0 bridgehead atoms. The molecule has 1 aromatic heterocycles. The van der Waals surface area contributed by atoms with Crippen LogP contribution in [0.4, 0.5) is 0 Å². The van der Waals surface area contributed by atoms with Crippen molar-refractivity contribution in [2.75, 3.05) is 52.4 Å². The number of aryl methyl sites for hydroxylation is 1. The van der Waals surface area contributed by atoms with Gasteiger partial charge in [0.2, 0.25) is 0 Å². The number of hydrogen-bond acceptors (Lipinski definition) is 5. The fourth-order valence-electron chi connectivity index (χ4n) is 7.03. The summed E-state index contributed by atoms with van der Waals surface area (Å²) in [6.07, 6.45) is 4.77. The first-order valence-corrected chi connectivity index (χ1v) is 16.8. The molecular weight excluding hydrogens is 558 g/mol. The standard InChI is InChI=1S/C38H47N5O2/c1-3-34(30-14-6-4-7-15-30)39-37(44)36-32-17-8-9-18-33(32)38(45)43(31-16-12-13-29(2)27-31)35(36)28-42-25-23-41(24-26-42)22-21-40-19-10-5-11-20-40/h4,6-9,12-18,27,34H,3,5,10-11,19-26,28H2,1-2H3,(H,39,44)/t34-/m0/s1. The van der Waals surface area contributed by atoms with E-state index >= 15 is 0 Å². The van der Waals surface area contributed by atoms with E-state index in [1.54, 1.807) is 4.57 Å². The lowest BCUT2D eigenvalue weighted by Crippen LogP contribution is -2.49. The zero-order chi connectivity index (χ0) is 31.2. The van der Waals surface area contributed by atoms with Gasteiger partial charge in [-0.15, -0.1) is 0 Å². The van der Waals surface area contributed by atoms with E-state index in [-0.39, 0.29) is 17.5 Å². The Labute approximate surface area is 267 Å². The molecule has 4 aromatic rings. The third kappa shape index (κ3) is 7.22. The van der Waals surface area contributed by atoms with E-state index in [0.717, 1.165) is 68.2 Å². The number of rotatable bonds is 10. The Hall–Kier alpha value is -3.78. The molecule has 7 nitrogen and oxygen atoms in total. The van der Waals surface area contributed by atoms with E-state index in [2.05, 4.69) is 39.1 Å². The van der Waals surface area contributed by atoms with Crippen LogP contribution in [0.1, 0.15) is 65.8 Å². The van der Waals surface area contributed by atoms with Crippen molar-refractivity contribution in [2.45, 2.75) is 52.1 Å². The molecule has 0 spiro atoms. The second-order valence-electron chi connectivity index (χ2n) is 12.7. The predicted molar refractivity (Wildman–Crippen MR) is 183 cm³/mol. The molecule has 3 heterocycles. The van der Waals surface area contributed by atoms with Crippen LogP contribution in [0.15, 0.2) is 83.7 Å². The number of piperazine rings is 1. The summed E-state index contributed by atoms with van der Waals surface area (Å²) in [7, 11) is 0. The Bertz CT molecular complexity index is 1650. The fourth-order valence-corrected chi connectivity index (χ4v) is 7.03. The Balaban J connectivity index is 1.35. The molecule has 0 saturated carbocycles. The number of aromatic nitrogens is 1. The first-order valence-electron chi connectivity index (χ1n) is 16.8. The average Bonchev–Trinajstić information content (AvgIpc) is 3.08. The van der Waals surface area contributed by atoms with Crippen LogP contribution >= 0.6 is 0 Å². The van der Waals surface area contributed by atoms with Gasteiger partial charge in [0.15, 0.2) is 0 Å². The van der Waals surface area contributed by atoms with Gasteiger partial charge in [-0.2, -0.15) is 0 Å². The van der Waals surface area contributed by atoms with Crippen LogP contribution in [0.5, 0.6) is 0 Å². The highest BCUT2D eigenvalue weighted by Crippen LogP contribution is 2.26. The zero-order valence-corrected chi connectivity index (χ0v) is 26.9. The molecule has 7 heteroatoms. The molecule has 1 N–H and O–H groups in total. The Kier molecular flexibility index (Phi) is 10.1. The van der Waals surface area contributed by atoms with Crippen molar-refractivity contribution in [3.63, 3.8) is 0 Å². The fraction of sp³-hybridized carbons (Fsp3) is 0.421. The van der Waals surface area contributed by atoms with Crippen LogP contribution in [0.25, 0.3) is 16.5 Å². The third-order valence-corrected chi connectivity index (χ3v) is 9.61. The van der Waals surface area contributed by atoms with Crippen LogP contribution in [-0.2, 0) is 6.54 Å². The lowest BCUT2D eigenvalue weighted by Gasteiger charge is -2.37. The Morgan fingerprint density at radius 1 is 0.756 bits per heavy atom. The molecule has 2 saturated heterocycles. The molecule has 6 rings (SSSR count). The topological polar surface area (TPSA) is 60.8 Å². The molecule has 2 fully saturated rings. The van der Waals surface area contributed by atoms with Gasteiger partial charge in [0.05, 0.1) is 17.3 Å². The van der Waals surface area contributed by atoms with Crippen molar-refractivity contribution in [1.29, 1.82) is 0 Å². The van der Waals surface area contributed by atoms with E-state index in [9.17, 15) is 9.59 Å². The smallest absolute Gasteiger partial charge is 0.263 e. The number of hydrogen-bond donors (Lipinski definition) is 1. The van der Waals surface area contributed by atoms with Crippen LogP contribution in [0.3, 0.4) is 0 Å². The molecule has 0 radical (unpaired) electrons.